The van der Waals surface area contributed by atoms with Crippen LogP contribution in [0.25, 0.3) is 0 Å². The number of rotatable bonds is 2. The number of ketones is 1. The maximum atomic E-state index is 11.5. The fourth-order valence-corrected chi connectivity index (χ4v) is 1.58. The minimum Gasteiger partial charge on any atom is -0.383 e. The van der Waals surface area contributed by atoms with Gasteiger partial charge < -0.3 is 10.4 Å². The maximum absolute atomic E-state index is 11.5. The highest BCUT2D eigenvalue weighted by Gasteiger charge is 2.31. The van der Waals surface area contributed by atoms with Crippen LogP contribution < -0.4 is 5.32 Å². The van der Waals surface area contributed by atoms with E-state index in [4.69, 9.17) is 0 Å². The Kier molecular flexibility index (Phi) is 2.85. The average molecular weight is 171 g/mol. The normalized spacial score (nSPS) is 20.9. The predicted molar refractivity (Wildman–Crippen MR) is 46.9 cm³/mol. The molecule has 0 spiro atoms. The first-order valence-electron chi connectivity index (χ1n) is 4.49. The lowest BCUT2D eigenvalue weighted by Gasteiger charge is -2.26. The molecule has 0 aromatic carbocycles. The van der Waals surface area contributed by atoms with Crippen LogP contribution in [0.3, 0.4) is 0 Å². The number of Topliss-reactive ketones (excluding diaryl/α,β-unsaturated/α-hetero) is 1. The van der Waals surface area contributed by atoms with Crippen LogP contribution in [0.5, 0.6) is 0 Å². The van der Waals surface area contributed by atoms with Gasteiger partial charge in [0.05, 0.1) is 0 Å². The molecule has 1 aliphatic rings. The largest absolute Gasteiger partial charge is 0.383 e. The quantitative estimate of drug-likeness (QED) is 0.629. The van der Waals surface area contributed by atoms with Gasteiger partial charge in [-0.05, 0) is 39.8 Å². The Morgan fingerprint density at radius 1 is 1.42 bits per heavy atom. The summed E-state index contributed by atoms with van der Waals surface area (Å²) in [6.07, 6.45) is 1.73. The second-order valence-corrected chi connectivity index (χ2v) is 3.95. The summed E-state index contributed by atoms with van der Waals surface area (Å²) in [5, 5.41) is 12.7. The number of nitrogens with one attached hydrogen (secondary N) is 1. The van der Waals surface area contributed by atoms with Crippen LogP contribution in [0.15, 0.2) is 0 Å². The molecule has 70 valence electrons. The average Bonchev–Trinajstić information content (AvgIpc) is 2.03. The maximum Gasteiger partial charge on any atom is 0.166 e. The fraction of sp³-hybridized carbons (Fsp3) is 0.889. The third-order valence-corrected chi connectivity index (χ3v) is 2.31. The molecule has 0 radical (unpaired) electrons. The van der Waals surface area contributed by atoms with E-state index in [2.05, 4.69) is 5.32 Å². The van der Waals surface area contributed by atoms with Crippen molar-refractivity contribution in [3.8, 4) is 0 Å². The van der Waals surface area contributed by atoms with E-state index < -0.39 is 5.60 Å². The number of aliphatic hydroxyl groups is 1. The van der Waals surface area contributed by atoms with Gasteiger partial charge in [0, 0.05) is 5.92 Å². The van der Waals surface area contributed by atoms with E-state index in [0.29, 0.717) is 0 Å². The van der Waals surface area contributed by atoms with Crippen molar-refractivity contribution in [2.75, 3.05) is 13.1 Å². The molecule has 3 nitrogen and oxygen atoms in total. The molecule has 1 heterocycles. The van der Waals surface area contributed by atoms with E-state index >= 15 is 0 Å². The van der Waals surface area contributed by atoms with Gasteiger partial charge in [0.2, 0.25) is 0 Å². The Bertz CT molecular complexity index is 166. The fourth-order valence-electron chi connectivity index (χ4n) is 1.58. The third-order valence-electron chi connectivity index (χ3n) is 2.31. The zero-order valence-electron chi connectivity index (χ0n) is 7.76. The van der Waals surface area contributed by atoms with Gasteiger partial charge in [-0.15, -0.1) is 0 Å². The number of hydrogen-bond acceptors (Lipinski definition) is 3. The van der Waals surface area contributed by atoms with Gasteiger partial charge >= 0.3 is 0 Å². The van der Waals surface area contributed by atoms with Crippen LogP contribution in [0.2, 0.25) is 0 Å². The first kappa shape index (κ1) is 9.68. The Morgan fingerprint density at radius 2 is 1.92 bits per heavy atom. The Hall–Kier alpha value is -0.410. The summed E-state index contributed by atoms with van der Waals surface area (Å²) >= 11 is 0. The number of hydrogen-bond donors (Lipinski definition) is 2. The molecule has 0 amide bonds. The van der Waals surface area contributed by atoms with Crippen LogP contribution in [-0.2, 0) is 4.79 Å². The van der Waals surface area contributed by atoms with Crippen LogP contribution in [0, 0.1) is 5.92 Å². The molecule has 1 aliphatic heterocycles. The minimum absolute atomic E-state index is 0.0102. The second kappa shape index (κ2) is 3.54. The van der Waals surface area contributed by atoms with E-state index in [1.807, 2.05) is 0 Å². The zero-order valence-corrected chi connectivity index (χ0v) is 7.76. The van der Waals surface area contributed by atoms with E-state index in [9.17, 15) is 9.90 Å². The van der Waals surface area contributed by atoms with Crippen molar-refractivity contribution >= 4 is 5.78 Å². The first-order chi connectivity index (χ1) is 5.52. The van der Waals surface area contributed by atoms with Crippen LogP contribution in [0.1, 0.15) is 26.7 Å². The molecule has 0 atom stereocenters. The van der Waals surface area contributed by atoms with Crippen molar-refractivity contribution in [3.63, 3.8) is 0 Å². The second-order valence-electron chi connectivity index (χ2n) is 3.95. The lowest BCUT2D eigenvalue weighted by Crippen LogP contribution is -2.41. The van der Waals surface area contributed by atoms with Gasteiger partial charge in [-0.3, -0.25) is 4.79 Å². The summed E-state index contributed by atoms with van der Waals surface area (Å²) in [5.74, 6) is 0.0512. The van der Waals surface area contributed by atoms with Crippen molar-refractivity contribution < 1.29 is 9.90 Å². The smallest absolute Gasteiger partial charge is 0.166 e. The molecule has 0 saturated carbocycles. The third kappa shape index (κ3) is 2.29. The topological polar surface area (TPSA) is 49.3 Å². The number of piperidine rings is 1. The van der Waals surface area contributed by atoms with Crippen molar-refractivity contribution in [1.29, 1.82) is 0 Å². The summed E-state index contributed by atoms with van der Waals surface area (Å²) in [5.41, 5.74) is -1.15. The number of carbonyl (C=O) groups excluding carboxylic acids is 1. The SMILES string of the molecule is CC(C)(O)C(=O)C1CCNCC1. The molecule has 1 saturated heterocycles. The summed E-state index contributed by atoms with van der Waals surface area (Å²) in [4.78, 5) is 11.5. The van der Waals surface area contributed by atoms with Crippen molar-refractivity contribution in [1.82, 2.24) is 5.32 Å². The lowest BCUT2D eigenvalue weighted by molar-refractivity contribution is -0.139. The molecule has 0 aromatic heterocycles. The first-order valence-corrected chi connectivity index (χ1v) is 4.49. The van der Waals surface area contributed by atoms with E-state index in [0.717, 1.165) is 25.9 Å². The lowest BCUT2D eigenvalue weighted by atomic mass is 9.85. The number of carbonyl (C=O) groups is 1. The molecule has 0 aromatic rings. The van der Waals surface area contributed by atoms with Gasteiger partial charge in [0.25, 0.3) is 0 Å². The molecule has 1 rings (SSSR count). The zero-order chi connectivity index (χ0) is 9.19. The van der Waals surface area contributed by atoms with Gasteiger partial charge in [-0.25, -0.2) is 0 Å². The molecular formula is C9H17NO2. The van der Waals surface area contributed by atoms with Gasteiger partial charge in [0.15, 0.2) is 5.78 Å². The Labute approximate surface area is 73.2 Å². The summed E-state index contributed by atoms with van der Waals surface area (Å²) in [6.45, 7) is 4.92. The highest BCUT2D eigenvalue weighted by molar-refractivity contribution is 5.88. The van der Waals surface area contributed by atoms with Crippen LogP contribution in [-0.4, -0.2) is 29.6 Å². The Morgan fingerprint density at radius 3 is 2.33 bits per heavy atom. The molecule has 0 bridgehead atoms. The van der Waals surface area contributed by atoms with Gasteiger partial charge in [-0.2, -0.15) is 0 Å². The van der Waals surface area contributed by atoms with E-state index in [1.54, 1.807) is 13.8 Å². The van der Waals surface area contributed by atoms with Gasteiger partial charge in [-0.1, -0.05) is 0 Å². The Balaban J connectivity index is 2.51. The summed E-state index contributed by atoms with van der Waals surface area (Å²) in [6, 6.07) is 0. The standard InChI is InChI=1S/C9H17NO2/c1-9(2,12)8(11)7-3-5-10-6-4-7/h7,10,12H,3-6H2,1-2H3. The van der Waals surface area contributed by atoms with Crippen LogP contribution >= 0.6 is 0 Å². The summed E-state index contributed by atoms with van der Waals surface area (Å²) in [7, 11) is 0. The minimum atomic E-state index is -1.15. The molecule has 0 aliphatic carbocycles. The predicted octanol–water partition coefficient (Wildman–Crippen LogP) is 0.326. The molecule has 3 heteroatoms. The highest BCUT2D eigenvalue weighted by Crippen LogP contribution is 2.19. The van der Waals surface area contributed by atoms with Gasteiger partial charge in [0.1, 0.15) is 5.60 Å². The molecule has 12 heavy (non-hydrogen) atoms. The van der Waals surface area contributed by atoms with Crippen molar-refractivity contribution in [3.05, 3.63) is 0 Å². The monoisotopic (exact) mass is 171 g/mol. The summed E-state index contributed by atoms with van der Waals surface area (Å²) < 4.78 is 0. The molecule has 1 fully saturated rings. The van der Waals surface area contributed by atoms with Crippen molar-refractivity contribution in [2.45, 2.75) is 32.3 Å². The molecule has 2 N–H and O–H groups in total. The van der Waals surface area contributed by atoms with E-state index in [1.165, 1.54) is 0 Å². The highest BCUT2D eigenvalue weighted by atomic mass is 16.3. The van der Waals surface area contributed by atoms with Crippen LogP contribution in [0.4, 0.5) is 0 Å². The molecular weight excluding hydrogens is 154 g/mol. The van der Waals surface area contributed by atoms with Crippen molar-refractivity contribution in [2.24, 2.45) is 5.92 Å². The molecule has 0 unspecified atom stereocenters. The van der Waals surface area contributed by atoms with E-state index in [-0.39, 0.29) is 11.7 Å².